The third-order valence-electron chi connectivity index (χ3n) is 6.03. The first-order valence-corrected chi connectivity index (χ1v) is 11.5. The second kappa shape index (κ2) is 10.8. The summed E-state index contributed by atoms with van der Waals surface area (Å²) in [4.78, 5) is 32.3. The number of Topliss-reactive ketones (excluding diaryl/α,β-unsaturated/α-hetero) is 1. The molecule has 2 aromatic carbocycles. The number of rotatable bonds is 8. The van der Waals surface area contributed by atoms with E-state index in [1.165, 1.54) is 39.4 Å². The molecule has 1 aromatic heterocycles. The Labute approximate surface area is 218 Å². The molecule has 1 atom stereocenters. The minimum atomic E-state index is -0.989. The van der Waals surface area contributed by atoms with Crippen LogP contribution in [0.4, 0.5) is 0 Å². The molecule has 192 valence electrons. The van der Waals surface area contributed by atoms with E-state index in [9.17, 15) is 14.7 Å². The first kappa shape index (κ1) is 25.8. The lowest BCUT2D eigenvalue weighted by Crippen LogP contribution is -2.29. The fourth-order valence-electron chi connectivity index (χ4n) is 4.28. The molecule has 1 fully saturated rings. The van der Waals surface area contributed by atoms with Crippen molar-refractivity contribution in [2.45, 2.75) is 12.6 Å². The summed E-state index contributed by atoms with van der Waals surface area (Å²) in [6, 6.07) is 12.2. The average molecular weight is 525 g/mol. The second-order valence-electron chi connectivity index (χ2n) is 8.06. The van der Waals surface area contributed by atoms with Crippen molar-refractivity contribution in [2.75, 3.05) is 28.4 Å². The number of ether oxygens (including phenoxy) is 4. The average Bonchev–Trinajstić information content (AvgIpc) is 3.17. The highest BCUT2D eigenvalue weighted by Gasteiger charge is 2.46. The maximum atomic E-state index is 13.4. The van der Waals surface area contributed by atoms with Crippen LogP contribution in [0, 0.1) is 0 Å². The summed E-state index contributed by atoms with van der Waals surface area (Å²) in [5, 5.41) is 11.6. The minimum absolute atomic E-state index is 0.0207. The molecule has 0 bridgehead atoms. The van der Waals surface area contributed by atoms with Crippen molar-refractivity contribution in [3.8, 4) is 23.0 Å². The van der Waals surface area contributed by atoms with Gasteiger partial charge >= 0.3 is 0 Å². The molecule has 1 unspecified atom stereocenters. The smallest absolute Gasteiger partial charge is 0.296 e. The Kier molecular flexibility index (Phi) is 7.54. The predicted octanol–water partition coefficient (Wildman–Crippen LogP) is 4.39. The van der Waals surface area contributed by atoms with E-state index in [-0.39, 0.29) is 28.5 Å². The molecule has 3 aromatic rings. The van der Waals surface area contributed by atoms with Crippen molar-refractivity contribution in [1.29, 1.82) is 0 Å². The lowest BCUT2D eigenvalue weighted by molar-refractivity contribution is -0.140. The summed E-state index contributed by atoms with van der Waals surface area (Å²) in [6.07, 6.45) is 1.60. The Hall–Kier alpha value is -4.24. The van der Waals surface area contributed by atoms with E-state index in [0.717, 1.165) is 0 Å². The number of aliphatic hydroxyl groups excluding tert-OH is 1. The number of nitrogens with zero attached hydrogens (tertiary/aromatic N) is 2. The third-order valence-corrected chi connectivity index (χ3v) is 6.32. The molecule has 0 saturated carbocycles. The van der Waals surface area contributed by atoms with Crippen LogP contribution < -0.4 is 18.9 Å². The Morgan fingerprint density at radius 3 is 2.16 bits per heavy atom. The Morgan fingerprint density at radius 2 is 1.62 bits per heavy atom. The van der Waals surface area contributed by atoms with Crippen LogP contribution >= 0.6 is 11.6 Å². The number of likely N-dealkylation sites (tertiary alicyclic amines) is 1. The van der Waals surface area contributed by atoms with E-state index < -0.39 is 17.7 Å². The molecule has 0 radical (unpaired) electrons. The highest BCUT2D eigenvalue weighted by molar-refractivity contribution is 6.46. The Balaban J connectivity index is 1.95. The van der Waals surface area contributed by atoms with Gasteiger partial charge in [0, 0.05) is 11.8 Å². The fourth-order valence-corrected chi connectivity index (χ4v) is 4.54. The number of hydrogen-bond acceptors (Lipinski definition) is 8. The van der Waals surface area contributed by atoms with Gasteiger partial charge in [0.2, 0.25) is 5.75 Å². The highest BCUT2D eigenvalue weighted by Crippen LogP contribution is 2.46. The number of ketones is 1. The molecule has 37 heavy (non-hydrogen) atoms. The van der Waals surface area contributed by atoms with Crippen LogP contribution in [-0.4, -0.2) is 55.1 Å². The van der Waals surface area contributed by atoms with Crippen LogP contribution in [0.1, 0.15) is 22.9 Å². The van der Waals surface area contributed by atoms with Gasteiger partial charge in [0.15, 0.2) is 11.5 Å². The molecule has 1 N–H and O–H groups in total. The second-order valence-corrected chi connectivity index (χ2v) is 8.46. The van der Waals surface area contributed by atoms with Gasteiger partial charge in [-0.25, -0.2) is 0 Å². The van der Waals surface area contributed by atoms with Crippen molar-refractivity contribution in [3.63, 3.8) is 0 Å². The van der Waals surface area contributed by atoms with Crippen LogP contribution in [0.5, 0.6) is 23.0 Å². The zero-order valence-electron chi connectivity index (χ0n) is 20.6. The number of aliphatic hydroxyl groups is 1. The SMILES string of the molecule is COc1ccc(/C(O)=C2\C(=O)C(=O)N(Cc3ccccn3)C2c2cc(OC)c(OC)c(OC)c2)cc1Cl. The molecule has 2 heterocycles. The van der Waals surface area contributed by atoms with Gasteiger partial charge < -0.3 is 29.0 Å². The monoisotopic (exact) mass is 524 g/mol. The van der Waals surface area contributed by atoms with Gasteiger partial charge in [-0.2, -0.15) is 0 Å². The summed E-state index contributed by atoms with van der Waals surface area (Å²) >= 11 is 6.27. The lowest BCUT2D eigenvalue weighted by Gasteiger charge is -2.26. The third kappa shape index (κ3) is 4.77. The number of amides is 1. The minimum Gasteiger partial charge on any atom is -0.507 e. The van der Waals surface area contributed by atoms with E-state index in [4.69, 9.17) is 30.5 Å². The molecule has 1 aliphatic heterocycles. The fraction of sp³-hybridized carbons (Fsp3) is 0.222. The van der Waals surface area contributed by atoms with Crippen molar-refractivity contribution < 1.29 is 33.6 Å². The van der Waals surface area contributed by atoms with E-state index >= 15 is 0 Å². The number of carbonyl (C=O) groups excluding carboxylic acids is 2. The van der Waals surface area contributed by atoms with E-state index in [2.05, 4.69) is 4.98 Å². The van der Waals surface area contributed by atoms with Crippen molar-refractivity contribution in [2.24, 2.45) is 0 Å². The van der Waals surface area contributed by atoms with Gasteiger partial charge in [-0.3, -0.25) is 14.6 Å². The van der Waals surface area contributed by atoms with E-state index in [1.807, 2.05) is 0 Å². The summed E-state index contributed by atoms with van der Waals surface area (Å²) < 4.78 is 21.6. The van der Waals surface area contributed by atoms with Crippen LogP contribution in [0.3, 0.4) is 0 Å². The summed E-state index contributed by atoms with van der Waals surface area (Å²) in [6.45, 7) is 0.0207. The molecular formula is C27H25ClN2O7. The number of methoxy groups -OCH3 is 4. The van der Waals surface area contributed by atoms with Crippen molar-refractivity contribution in [1.82, 2.24) is 9.88 Å². The zero-order chi connectivity index (χ0) is 26.7. The van der Waals surface area contributed by atoms with Gasteiger partial charge in [-0.1, -0.05) is 17.7 Å². The van der Waals surface area contributed by atoms with Gasteiger partial charge in [0.1, 0.15) is 11.5 Å². The molecule has 1 amide bonds. The number of benzene rings is 2. The van der Waals surface area contributed by atoms with Crippen LogP contribution in [0.15, 0.2) is 60.3 Å². The van der Waals surface area contributed by atoms with Crippen molar-refractivity contribution >= 4 is 29.1 Å². The molecule has 0 spiro atoms. The lowest BCUT2D eigenvalue weighted by atomic mass is 9.94. The number of aromatic nitrogens is 1. The molecule has 1 aliphatic rings. The molecular weight excluding hydrogens is 500 g/mol. The largest absolute Gasteiger partial charge is 0.507 e. The molecule has 4 rings (SSSR count). The highest BCUT2D eigenvalue weighted by atomic mass is 35.5. The molecule has 0 aliphatic carbocycles. The maximum absolute atomic E-state index is 13.4. The first-order valence-electron chi connectivity index (χ1n) is 11.2. The normalized spacial score (nSPS) is 16.6. The molecule has 1 saturated heterocycles. The van der Waals surface area contributed by atoms with E-state index in [0.29, 0.717) is 34.3 Å². The number of hydrogen-bond donors (Lipinski definition) is 1. The maximum Gasteiger partial charge on any atom is 0.296 e. The topological polar surface area (TPSA) is 107 Å². The van der Waals surface area contributed by atoms with E-state index in [1.54, 1.807) is 48.7 Å². The van der Waals surface area contributed by atoms with Crippen molar-refractivity contribution in [3.05, 3.63) is 82.1 Å². The molecule has 9 nitrogen and oxygen atoms in total. The quantitative estimate of drug-likeness (QED) is 0.262. The van der Waals surface area contributed by atoms with Gasteiger partial charge in [0.25, 0.3) is 11.7 Å². The van der Waals surface area contributed by atoms with Gasteiger partial charge in [-0.05, 0) is 48.0 Å². The van der Waals surface area contributed by atoms with Crippen LogP contribution in [-0.2, 0) is 16.1 Å². The number of pyridine rings is 1. The summed E-state index contributed by atoms with van der Waals surface area (Å²) in [7, 11) is 5.87. The van der Waals surface area contributed by atoms with Crippen LogP contribution in [0.2, 0.25) is 5.02 Å². The molecule has 10 heteroatoms. The predicted molar refractivity (Wildman–Crippen MR) is 136 cm³/mol. The summed E-state index contributed by atoms with van der Waals surface area (Å²) in [5.41, 5.74) is 1.16. The van der Waals surface area contributed by atoms with Crippen LogP contribution in [0.25, 0.3) is 5.76 Å². The first-order chi connectivity index (χ1) is 17.8. The Bertz CT molecular complexity index is 1350. The van der Waals surface area contributed by atoms with Gasteiger partial charge in [-0.15, -0.1) is 0 Å². The zero-order valence-corrected chi connectivity index (χ0v) is 21.4. The van der Waals surface area contributed by atoms with Gasteiger partial charge in [0.05, 0.1) is 57.3 Å². The number of halogens is 1. The number of carbonyl (C=O) groups is 2. The Morgan fingerprint density at radius 1 is 0.946 bits per heavy atom. The summed E-state index contributed by atoms with van der Waals surface area (Å²) in [5.74, 6) is -0.622. The standard InChI is InChI=1S/C27H25ClN2O7/c1-34-19-9-8-15(11-18(19)28)24(31)22-23(16-12-20(35-2)26(37-4)21(13-16)36-3)30(27(33)25(22)32)14-17-7-5-6-10-29-17/h5-13,23,31H,14H2,1-4H3/b24-22+.